The minimum absolute atomic E-state index is 0.286. The number of nitrogens with zero attached hydrogens (tertiary/aromatic N) is 4. The van der Waals surface area contributed by atoms with E-state index in [2.05, 4.69) is 15.0 Å². The Balaban J connectivity index is 1.85. The third kappa shape index (κ3) is 1.71. The zero-order valence-electron chi connectivity index (χ0n) is 12.7. The third-order valence-corrected chi connectivity index (χ3v) is 4.66. The van der Waals surface area contributed by atoms with Gasteiger partial charge in [0.2, 0.25) is 0 Å². The molecule has 22 heavy (non-hydrogen) atoms. The van der Waals surface area contributed by atoms with E-state index in [4.69, 9.17) is 15.2 Å². The Bertz CT molecular complexity index is 745. The Morgan fingerprint density at radius 1 is 1.27 bits per heavy atom. The third-order valence-electron chi connectivity index (χ3n) is 4.66. The first-order valence-electron chi connectivity index (χ1n) is 7.29. The van der Waals surface area contributed by atoms with Gasteiger partial charge in [0.15, 0.2) is 17.3 Å². The number of ether oxygens (including phenoxy) is 2. The minimum Gasteiger partial charge on any atom is -0.390 e. The molecule has 4 atom stereocenters. The lowest BCUT2D eigenvalue weighted by Gasteiger charge is -2.32. The number of anilines is 1. The molecular formula is C14H19N5O3. The van der Waals surface area contributed by atoms with Crippen molar-refractivity contribution >= 4 is 17.0 Å². The molecule has 0 spiro atoms. The van der Waals surface area contributed by atoms with Crippen LogP contribution in [0.3, 0.4) is 0 Å². The highest BCUT2D eigenvalue weighted by molar-refractivity contribution is 5.81. The Hall–Kier alpha value is -1.77. The lowest BCUT2D eigenvalue weighted by atomic mass is 9.97. The number of rotatable bonds is 1. The van der Waals surface area contributed by atoms with Crippen LogP contribution in [-0.4, -0.2) is 48.7 Å². The van der Waals surface area contributed by atoms with Crippen molar-refractivity contribution < 1.29 is 14.6 Å². The predicted octanol–water partition coefficient (Wildman–Crippen LogP) is 0.408. The average molecular weight is 305 g/mol. The molecule has 2 aromatic rings. The van der Waals surface area contributed by atoms with E-state index in [9.17, 15) is 5.11 Å². The van der Waals surface area contributed by atoms with Gasteiger partial charge in [0, 0.05) is 6.42 Å². The highest BCUT2D eigenvalue weighted by Crippen LogP contribution is 2.48. The molecule has 0 aromatic carbocycles. The van der Waals surface area contributed by atoms with E-state index in [0.29, 0.717) is 23.4 Å². The molecule has 118 valence electrons. The highest BCUT2D eigenvalue weighted by atomic mass is 16.8. The first kappa shape index (κ1) is 13.9. The van der Waals surface area contributed by atoms with Crippen LogP contribution >= 0.6 is 0 Å². The summed E-state index contributed by atoms with van der Waals surface area (Å²) in [5, 5.41) is 10.4. The molecule has 1 aliphatic carbocycles. The van der Waals surface area contributed by atoms with E-state index in [1.54, 1.807) is 6.33 Å². The Labute approximate surface area is 127 Å². The largest absolute Gasteiger partial charge is 0.390 e. The minimum atomic E-state index is -0.720. The Morgan fingerprint density at radius 2 is 2.05 bits per heavy atom. The number of aromatic nitrogens is 4. The van der Waals surface area contributed by atoms with Crippen molar-refractivity contribution in [3.05, 3.63) is 12.7 Å². The van der Waals surface area contributed by atoms with Gasteiger partial charge < -0.3 is 24.9 Å². The monoisotopic (exact) mass is 305 g/mol. The van der Waals surface area contributed by atoms with Gasteiger partial charge in [-0.15, -0.1) is 0 Å². The summed E-state index contributed by atoms with van der Waals surface area (Å²) in [6.07, 6.45) is 2.33. The van der Waals surface area contributed by atoms with Crippen molar-refractivity contribution in [1.29, 1.82) is 0 Å². The van der Waals surface area contributed by atoms with Crippen molar-refractivity contribution in [3.8, 4) is 0 Å². The van der Waals surface area contributed by atoms with Crippen LogP contribution in [0.1, 0.15) is 27.2 Å². The van der Waals surface area contributed by atoms with E-state index in [-0.39, 0.29) is 12.2 Å². The number of imidazole rings is 1. The summed E-state index contributed by atoms with van der Waals surface area (Å²) >= 11 is 0. The standard InChI is InChI=1S/C14H19N5O3/c1-13(2)21-9-7(20)4-14(3,10(9)22-13)19-6-18-8-11(15)16-5-17-12(8)19/h5-7,9-10,20H,4H2,1-3H3,(H2,15,16,17)/t7-,9-,10-,14-/m1/s1. The topological polar surface area (TPSA) is 108 Å². The summed E-state index contributed by atoms with van der Waals surface area (Å²) in [5.74, 6) is -0.381. The first-order valence-corrected chi connectivity index (χ1v) is 7.29. The van der Waals surface area contributed by atoms with Crippen LogP contribution in [-0.2, 0) is 15.0 Å². The van der Waals surface area contributed by atoms with Gasteiger partial charge in [-0.3, -0.25) is 0 Å². The second-order valence-corrected chi connectivity index (χ2v) is 6.70. The smallest absolute Gasteiger partial charge is 0.166 e. The molecule has 8 nitrogen and oxygen atoms in total. The van der Waals surface area contributed by atoms with E-state index in [1.807, 2.05) is 25.3 Å². The van der Waals surface area contributed by atoms with Gasteiger partial charge in [-0.2, -0.15) is 0 Å². The Kier molecular flexibility index (Phi) is 2.62. The van der Waals surface area contributed by atoms with Crippen LogP contribution in [0, 0.1) is 0 Å². The van der Waals surface area contributed by atoms with Crippen LogP contribution < -0.4 is 5.73 Å². The fourth-order valence-corrected chi connectivity index (χ4v) is 3.67. The van der Waals surface area contributed by atoms with Crippen LogP contribution in [0.4, 0.5) is 5.82 Å². The SMILES string of the molecule is CC1(C)O[C@@H]2[C@H](O)C[C@@](C)(n3cnc4c(N)ncnc43)[C@@H]2O1. The maximum absolute atomic E-state index is 10.4. The van der Waals surface area contributed by atoms with Crippen LogP contribution in [0.15, 0.2) is 12.7 Å². The molecule has 0 amide bonds. The molecule has 0 bridgehead atoms. The van der Waals surface area contributed by atoms with E-state index < -0.39 is 17.4 Å². The van der Waals surface area contributed by atoms with E-state index in [0.717, 1.165) is 0 Å². The number of aliphatic hydroxyl groups is 1. The summed E-state index contributed by atoms with van der Waals surface area (Å²) in [6, 6.07) is 0. The summed E-state index contributed by atoms with van der Waals surface area (Å²) in [5.41, 5.74) is 6.53. The maximum Gasteiger partial charge on any atom is 0.166 e. The molecular weight excluding hydrogens is 286 g/mol. The summed E-state index contributed by atoms with van der Waals surface area (Å²) in [4.78, 5) is 12.6. The number of hydrogen-bond donors (Lipinski definition) is 2. The predicted molar refractivity (Wildman–Crippen MR) is 77.8 cm³/mol. The Morgan fingerprint density at radius 3 is 2.82 bits per heavy atom. The second-order valence-electron chi connectivity index (χ2n) is 6.70. The van der Waals surface area contributed by atoms with Gasteiger partial charge in [0.1, 0.15) is 24.1 Å². The van der Waals surface area contributed by atoms with Crippen molar-refractivity contribution in [1.82, 2.24) is 19.5 Å². The van der Waals surface area contributed by atoms with E-state index in [1.165, 1.54) is 6.33 Å². The number of fused-ring (bicyclic) bond motifs is 2. The van der Waals surface area contributed by atoms with Gasteiger partial charge in [0.25, 0.3) is 0 Å². The maximum atomic E-state index is 10.4. The first-order chi connectivity index (χ1) is 10.3. The molecule has 2 fully saturated rings. The van der Waals surface area contributed by atoms with Crippen molar-refractivity contribution in [2.75, 3.05) is 5.73 Å². The molecule has 8 heteroatoms. The summed E-state index contributed by atoms with van der Waals surface area (Å²) in [7, 11) is 0. The van der Waals surface area contributed by atoms with Gasteiger partial charge in [-0.25, -0.2) is 15.0 Å². The lowest BCUT2D eigenvalue weighted by molar-refractivity contribution is -0.172. The van der Waals surface area contributed by atoms with Crippen molar-refractivity contribution in [2.24, 2.45) is 0 Å². The number of nitrogens with two attached hydrogens (primary N) is 1. The molecule has 1 aliphatic heterocycles. The molecule has 1 saturated carbocycles. The molecule has 4 rings (SSSR count). The van der Waals surface area contributed by atoms with Gasteiger partial charge in [-0.1, -0.05) is 0 Å². The fraction of sp³-hybridized carbons (Fsp3) is 0.643. The zero-order chi connectivity index (χ0) is 15.7. The second kappa shape index (κ2) is 4.15. The quantitative estimate of drug-likeness (QED) is 0.785. The molecule has 0 radical (unpaired) electrons. The molecule has 0 unspecified atom stereocenters. The normalized spacial score (nSPS) is 36.8. The number of aliphatic hydroxyl groups excluding tert-OH is 1. The molecule has 1 saturated heterocycles. The van der Waals surface area contributed by atoms with Crippen LogP contribution in [0.5, 0.6) is 0 Å². The van der Waals surface area contributed by atoms with Crippen LogP contribution in [0.25, 0.3) is 11.2 Å². The molecule has 2 aromatic heterocycles. The zero-order valence-corrected chi connectivity index (χ0v) is 12.7. The summed E-state index contributed by atoms with van der Waals surface area (Å²) < 4.78 is 13.8. The average Bonchev–Trinajstić information content (AvgIpc) is 3.05. The van der Waals surface area contributed by atoms with Gasteiger partial charge in [0.05, 0.1) is 18.0 Å². The molecule has 2 aliphatic rings. The highest BCUT2D eigenvalue weighted by Gasteiger charge is 2.60. The van der Waals surface area contributed by atoms with Gasteiger partial charge in [-0.05, 0) is 20.8 Å². The summed E-state index contributed by atoms with van der Waals surface area (Å²) in [6.45, 7) is 5.72. The van der Waals surface area contributed by atoms with Crippen molar-refractivity contribution in [3.63, 3.8) is 0 Å². The van der Waals surface area contributed by atoms with Gasteiger partial charge >= 0.3 is 0 Å². The van der Waals surface area contributed by atoms with E-state index >= 15 is 0 Å². The molecule has 3 heterocycles. The fourth-order valence-electron chi connectivity index (χ4n) is 3.67. The molecule has 3 N–H and O–H groups in total. The van der Waals surface area contributed by atoms with Crippen LogP contribution in [0.2, 0.25) is 0 Å². The lowest BCUT2D eigenvalue weighted by Crippen LogP contribution is -2.42. The van der Waals surface area contributed by atoms with Crippen molar-refractivity contribution in [2.45, 2.75) is 56.8 Å². The number of nitrogen functional groups attached to an aromatic ring is 1. The number of hydrogen-bond acceptors (Lipinski definition) is 7.